The number of rotatable bonds is 2. The average Bonchev–Trinajstić information content (AvgIpc) is 2.33. The lowest BCUT2D eigenvalue weighted by atomic mass is 10.2. The Bertz CT molecular complexity index is 705. The van der Waals surface area contributed by atoms with Gasteiger partial charge in [0.15, 0.2) is 0 Å². The van der Waals surface area contributed by atoms with Gasteiger partial charge in [0.25, 0.3) is 5.56 Å². The summed E-state index contributed by atoms with van der Waals surface area (Å²) < 4.78 is 1.32. The molecular weight excluding hydrogens is 283 g/mol. The van der Waals surface area contributed by atoms with Gasteiger partial charge in [-0.25, -0.2) is 4.68 Å². The Kier molecular flexibility index (Phi) is 4.08. The molecule has 0 fully saturated rings. The highest BCUT2D eigenvalue weighted by molar-refractivity contribution is 6.43. The molecule has 1 aromatic carbocycles. The first-order valence-corrected chi connectivity index (χ1v) is 6.43. The van der Waals surface area contributed by atoms with Crippen LogP contribution in [0.5, 0.6) is 0 Å². The van der Waals surface area contributed by atoms with Crippen LogP contribution in [-0.2, 0) is 0 Å². The third-order valence-electron chi connectivity index (χ3n) is 2.62. The van der Waals surface area contributed by atoms with Gasteiger partial charge in [-0.1, -0.05) is 35.3 Å². The van der Waals surface area contributed by atoms with Crippen LogP contribution in [0.15, 0.2) is 40.2 Å². The van der Waals surface area contributed by atoms with E-state index < -0.39 is 0 Å². The van der Waals surface area contributed by atoms with Gasteiger partial charge < -0.3 is 0 Å². The maximum absolute atomic E-state index is 11.8. The van der Waals surface area contributed by atoms with Crippen LogP contribution in [0, 0.1) is 13.8 Å². The minimum atomic E-state index is -0.174. The quantitative estimate of drug-likeness (QED) is 0.779. The molecule has 0 atom stereocenters. The normalized spacial score (nSPS) is 11.2. The Morgan fingerprint density at radius 3 is 2.63 bits per heavy atom. The molecular formula is C14H12Cl2N2O. The van der Waals surface area contributed by atoms with E-state index in [2.05, 4.69) is 5.10 Å². The molecule has 0 radical (unpaired) electrons. The first-order valence-electron chi connectivity index (χ1n) is 5.67. The van der Waals surface area contributed by atoms with Gasteiger partial charge in [-0.15, -0.1) is 0 Å². The molecule has 98 valence electrons. The molecule has 0 unspecified atom stereocenters. The van der Waals surface area contributed by atoms with Crippen molar-refractivity contribution in [3.63, 3.8) is 0 Å². The molecule has 1 aromatic heterocycles. The summed E-state index contributed by atoms with van der Waals surface area (Å²) in [5.74, 6) is 0. The van der Waals surface area contributed by atoms with Crippen molar-refractivity contribution in [2.45, 2.75) is 13.8 Å². The molecule has 0 saturated heterocycles. The molecule has 19 heavy (non-hydrogen) atoms. The minimum absolute atomic E-state index is 0.174. The number of halogens is 2. The third-order valence-corrected chi connectivity index (χ3v) is 3.46. The summed E-state index contributed by atoms with van der Waals surface area (Å²) in [5, 5.41) is 5.03. The summed E-state index contributed by atoms with van der Waals surface area (Å²) in [4.78, 5) is 11.8. The third kappa shape index (κ3) is 3.06. The molecule has 0 aliphatic heterocycles. The van der Waals surface area contributed by atoms with Gasteiger partial charge >= 0.3 is 0 Å². The second-order valence-electron chi connectivity index (χ2n) is 4.21. The van der Waals surface area contributed by atoms with Crippen LogP contribution in [0.2, 0.25) is 10.0 Å². The molecule has 0 N–H and O–H groups in total. The van der Waals surface area contributed by atoms with Gasteiger partial charge in [0.1, 0.15) is 0 Å². The van der Waals surface area contributed by atoms with Crippen LogP contribution < -0.4 is 5.56 Å². The van der Waals surface area contributed by atoms with Crippen molar-refractivity contribution in [1.82, 2.24) is 4.68 Å². The van der Waals surface area contributed by atoms with Crippen LogP contribution in [0.3, 0.4) is 0 Å². The molecule has 3 nitrogen and oxygen atoms in total. The van der Waals surface area contributed by atoms with E-state index in [4.69, 9.17) is 23.2 Å². The van der Waals surface area contributed by atoms with Crippen molar-refractivity contribution in [3.05, 3.63) is 67.6 Å². The highest BCUT2D eigenvalue weighted by Gasteiger charge is 2.03. The number of aryl methyl sites for hydroxylation is 2. The average molecular weight is 295 g/mol. The number of aromatic nitrogens is 1. The molecule has 0 aliphatic carbocycles. The number of nitrogens with zero attached hydrogens (tertiary/aromatic N) is 2. The number of pyridine rings is 1. The molecule has 2 aromatic rings. The number of benzene rings is 1. The zero-order valence-electron chi connectivity index (χ0n) is 10.5. The van der Waals surface area contributed by atoms with E-state index >= 15 is 0 Å². The Morgan fingerprint density at radius 1 is 1.21 bits per heavy atom. The Morgan fingerprint density at radius 2 is 1.95 bits per heavy atom. The summed E-state index contributed by atoms with van der Waals surface area (Å²) in [6, 6.07) is 8.68. The van der Waals surface area contributed by atoms with E-state index in [1.54, 1.807) is 18.2 Å². The zero-order valence-corrected chi connectivity index (χ0v) is 12.0. The van der Waals surface area contributed by atoms with Crippen LogP contribution >= 0.6 is 23.2 Å². The summed E-state index contributed by atoms with van der Waals surface area (Å²) >= 11 is 12.0. The smallest absolute Gasteiger partial charge is 0.267 e. The fourth-order valence-electron chi connectivity index (χ4n) is 1.75. The molecule has 0 spiro atoms. The summed E-state index contributed by atoms with van der Waals surface area (Å²) in [6.45, 7) is 3.70. The molecule has 0 aliphatic rings. The van der Waals surface area contributed by atoms with Crippen molar-refractivity contribution in [1.29, 1.82) is 0 Å². The summed E-state index contributed by atoms with van der Waals surface area (Å²) in [5.41, 5.74) is 2.17. The van der Waals surface area contributed by atoms with Crippen molar-refractivity contribution < 1.29 is 0 Å². The van der Waals surface area contributed by atoms with E-state index in [9.17, 15) is 4.79 Å². The molecule has 0 bridgehead atoms. The fraction of sp³-hybridized carbons (Fsp3) is 0.143. The maximum Gasteiger partial charge on any atom is 0.271 e. The Hall–Kier alpha value is -1.58. The fourth-order valence-corrected chi connectivity index (χ4v) is 2.11. The lowest BCUT2D eigenvalue weighted by molar-refractivity contribution is 0.791. The standard InChI is InChI=1S/C14H12Cl2N2O/c1-9-6-10(2)18(13(19)7-9)17-8-11-4-3-5-12(15)14(11)16/h3-8H,1-2H3. The molecule has 0 saturated carbocycles. The van der Waals surface area contributed by atoms with E-state index in [1.165, 1.54) is 17.0 Å². The van der Waals surface area contributed by atoms with Gasteiger partial charge in [0.2, 0.25) is 0 Å². The molecule has 0 amide bonds. The van der Waals surface area contributed by atoms with Gasteiger partial charge in [-0.2, -0.15) is 5.10 Å². The van der Waals surface area contributed by atoms with E-state index in [1.807, 2.05) is 19.9 Å². The highest BCUT2D eigenvalue weighted by Crippen LogP contribution is 2.24. The Balaban J connectivity index is 2.44. The molecule has 2 rings (SSSR count). The van der Waals surface area contributed by atoms with Gasteiger partial charge in [0, 0.05) is 17.3 Å². The predicted octanol–water partition coefficient (Wildman–Crippen LogP) is 3.65. The second-order valence-corrected chi connectivity index (χ2v) is 5.00. The lowest BCUT2D eigenvalue weighted by Crippen LogP contribution is -2.18. The van der Waals surface area contributed by atoms with Crippen LogP contribution in [0.4, 0.5) is 0 Å². The zero-order chi connectivity index (χ0) is 14.0. The number of hydrogen-bond donors (Lipinski definition) is 0. The van der Waals surface area contributed by atoms with Crippen LogP contribution in [0.25, 0.3) is 0 Å². The van der Waals surface area contributed by atoms with Crippen molar-refractivity contribution in [2.24, 2.45) is 5.10 Å². The maximum atomic E-state index is 11.8. The topological polar surface area (TPSA) is 34.4 Å². The first-order chi connectivity index (χ1) is 8.99. The van der Waals surface area contributed by atoms with Gasteiger partial charge in [-0.3, -0.25) is 4.79 Å². The van der Waals surface area contributed by atoms with Crippen LogP contribution in [0.1, 0.15) is 16.8 Å². The predicted molar refractivity (Wildman–Crippen MR) is 79.6 cm³/mol. The SMILES string of the molecule is Cc1cc(C)n(N=Cc2cccc(Cl)c2Cl)c(=O)c1. The summed E-state index contributed by atoms with van der Waals surface area (Å²) in [7, 11) is 0. The van der Waals surface area contributed by atoms with E-state index in [-0.39, 0.29) is 5.56 Å². The molecule has 5 heteroatoms. The monoisotopic (exact) mass is 294 g/mol. The van der Waals surface area contributed by atoms with Crippen molar-refractivity contribution in [3.8, 4) is 0 Å². The first kappa shape index (κ1) is 13.8. The van der Waals surface area contributed by atoms with Crippen LogP contribution in [-0.4, -0.2) is 10.9 Å². The van der Waals surface area contributed by atoms with E-state index in [0.29, 0.717) is 15.6 Å². The minimum Gasteiger partial charge on any atom is -0.267 e. The molecule has 1 heterocycles. The summed E-state index contributed by atoms with van der Waals surface area (Å²) in [6.07, 6.45) is 1.53. The largest absolute Gasteiger partial charge is 0.271 e. The highest BCUT2D eigenvalue weighted by atomic mass is 35.5. The van der Waals surface area contributed by atoms with E-state index in [0.717, 1.165) is 11.3 Å². The Labute approximate surface area is 121 Å². The second kappa shape index (κ2) is 5.59. The van der Waals surface area contributed by atoms with Gasteiger partial charge in [0.05, 0.1) is 16.3 Å². The van der Waals surface area contributed by atoms with Gasteiger partial charge in [-0.05, 0) is 31.5 Å². The van der Waals surface area contributed by atoms with Crippen molar-refractivity contribution in [2.75, 3.05) is 0 Å². The number of hydrogen-bond acceptors (Lipinski definition) is 2. The lowest BCUT2D eigenvalue weighted by Gasteiger charge is -2.04. The van der Waals surface area contributed by atoms with Crippen molar-refractivity contribution >= 4 is 29.4 Å².